The number of aromatic nitrogens is 1. The van der Waals surface area contributed by atoms with Gasteiger partial charge in [0.25, 0.3) is 5.91 Å². The second-order valence-corrected chi connectivity index (χ2v) is 6.58. The fourth-order valence-electron chi connectivity index (χ4n) is 2.77. The van der Waals surface area contributed by atoms with Gasteiger partial charge in [0.1, 0.15) is 0 Å². The number of amides is 1. The van der Waals surface area contributed by atoms with E-state index >= 15 is 0 Å². The van der Waals surface area contributed by atoms with E-state index in [1.165, 1.54) is 12.8 Å². The molecule has 2 heterocycles. The van der Waals surface area contributed by atoms with Gasteiger partial charge in [-0.2, -0.15) is 0 Å². The number of ether oxygens (including phenoxy) is 1. The van der Waals surface area contributed by atoms with Crippen molar-refractivity contribution in [1.82, 2.24) is 14.8 Å². The number of carbonyl (C=O) groups is 1. The van der Waals surface area contributed by atoms with Crippen LogP contribution in [0.2, 0.25) is 0 Å². The van der Waals surface area contributed by atoms with Crippen molar-refractivity contribution in [2.75, 3.05) is 39.3 Å². The van der Waals surface area contributed by atoms with E-state index < -0.39 is 0 Å². The van der Waals surface area contributed by atoms with Crippen LogP contribution in [0.1, 0.15) is 30.1 Å². The van der Waals surface area contributed by atoms with Crippen LogP contribution in [0.4, 0.5) is 0 Å². The maximum atomic E-state index is 12.5. The van der Waals surface area contributed by atoms with Gasteiger partial charge in [0.2, 0.25) is 5.88 Å². The number of carbonyl (C=O) groups excluding carboxylic acids is 1. The molecule has 1 aromatic heterocycles. The van der Waals surface area contributed by atoms with Gasteiger partial charge < -0.3 is 14.7 Å². The highest BCUT2D eigenvalue weighted by Crippen LogP contribution is 2.29. The zero-order chi connectivity index (χ0) is 16.2. The molecule has 0 unspecified atom stereocenters. The molecule has 1 aliphatic carbocycles. The third kappa shape index (κ3) is 4.65. The van der Waals surface area contributed by atoms with Crippen LogP contribution in [0.15, 0.2) is 18.3 Å². The van der Waals surface area contributed by atoms with Gasteiger partial charge in [-0.15, -0.1) is 0 Å². The predicted molar refractivity (Wildman–Crippen MR) is 86.5 cm³/mol. The largest absolute Gasteiger partial charge is 0.477 e. The van der Waals surface area contributed by atoms with Gasteiger partial charge in [-0.05, 0) is 31.7 Å². The van der Waals surface area contributed by atoms with Gasteiger partial charge in [-0.3, -0.25) is 9.69 Å². The third-order valence-electron chi connectivity index (χ3n) is 4.33. The van der Waals surface area contributed by atoms with E-state index in [1.54, 1.807) is 25.3 Å². The number of nitrogens with zero attached hydrogens (tertiary/aromatic N) is 3. The first-order valence-electron chi connectivity index (χ1n) is 8.40. The van der Waals surface area contributed by atoms with Crippen molar-refractivity contribution in [3.63, 3.8) is 0 Å². The Balaban J connectivity index is 1.49. The molecule has 2 aliphatic rings. The van der Waals surface area contributed by atoms with Crippen LogP contribution in [0.5, 0.6) is 5.88 Å². The molecule has 1 aliphatic heterocycles. The summed E-state index contributed by atoms with van der Waals surface area (Å²) in [4.78, 5) is 20.8. The summed E-state index contributed by atoms with van der Waals surface area (Å²) in [6.07, 6.45) is 3.77. The third-order valence-corrected chi connectivity index (χ3v) is 4.33. The Morgan fingerprint density at radius 2 is 2.09 bits per heavy atom. The van der Waals surface area contributed by atoms with Crippen LogP contribution in [0, 0.1) is 5.92 Å². The highest BCUT2D eigenvalue weighted by molar-refractivity contribution is 5.94. The molecule has 1 N–H and O–H groups in total. The van der Waals surface area contributed by atoms with Crippen LogP contribution >= 0.6 is 0 Å². The van der Waals surface area contributed by atoms with Crippen molar-refractivity contribution >= 4 is 5.91 Å². The summed E-state index contributed by atoms with van der Waals surface area (Å²) in [6.45, 7) is 6.15. The fourth-order valence-corrected chi connectivity index (χ4v) is 2.77. The molecule has 1 aromatic rings. The van der Waals surface area contributed by atoms with E-state index in [1.807, 2.05) is 4.90 Å². The summed E-state index contributed by atoms with van der Waals surface area (Å²) < 4.78 is 5.59. The summed E-state index contributed by atoms with van der Waals surface area (Å²) in [7, 11) is 0. The molecule has 1 atom stereocenters. The van der Waals surface area contributed by atoms with E-state index in [-0.39, 0.29) is 12.0 Å². The molecule has 126 valence electrons. The molecule has 1 saturated carbocycles. The van der Waals surface area contributed by atoms with Crippen LogP contribution in [0.25, 0.3) is 0 Å². The molecular weight excluding hydrogens is 294 g/mol. The summed E-state index contributed by atoms with van der Waals surface area (Å²) >= 11 is 0. The average molecular weight is 319 g/mol. The van der Waals surface area contributed by atoms with Crippen molar-refractivity contribution in [3.8, 4) is 5.88 Å². The Kier molecular flexibility index (Phi) is 5.13. The van der Waals surface area contributed by atoms with Gasteiger partial charge in [-0.1, -0.05) is 0 Å². The van der Waals surface area contributed by atoms with Gasteiger partial charge in [0, 0.05) is 45.0 Å². The SMILES string of the molecule is C[C@@H](O)CN1CCN(C(=O)c2ccc(OCC3CC3)nc2)CC1. The van der Waals surface area contributed by atoms with Crippen molar-refractivity contribution < 1.29 is 14.6 Å². The molecule has 1 amide bonds. The smallest absolute Gasteiger partial charge is 0.255 e. The Bertz CT molecular complexity index is 520. The van der Waals surface area contributed by atoms with Crippen molar-refractivity contribution in [2.24, 2.45) is 5.92 Å². The van der Waals surface area contributed by atoms with Crippen LogP contribution in [-0.2, 0) is 0 Å². The van der Waals surface area contributed by atoms with Gasteiger partial charge in [0.05, 0.1) is 18.3 Å². The number of aliphatic hydroxyl groups is 1. The minimum atomic E-state index is -0.329. The van der Waals surface area contributed by atoms with Crippen LogP contribution < -0.4 is 4.74 Å². The first-order valence-corrected chi connectivity index (χ1v) is 8.40. The van der Waals surface area contributed by atoms with E-state index in [9.17, 15) is 9.90 Å². The number of hydrogen-bond donors (Lipinski definition) is 1. The monoisotopic (exact) mass is 319 g/mol. The standard InChI is InChI=1S/C17H25N3O3/c1-13(21)11-19-6-8-20(9-7-19)17(22)15-4-5-16(18-10-15)23-12-14-2-3-14/h4-5,10,13-14,21H,2-3,6-9,11-12H2,1H3/t13-/m1/s1. The Hall–Kier alpha value is -1.66. The molecule has 1 saturated heterocycles. The van der Waals surface area contributed by atoms with Crippen LogP contribution in [0.3, 0.4) is 0 Å². The molecule has 6 heteroatoms. The lowest BCUT2D eigenvalue weighted by Crippen LogP contribution is -2.50. The first kappa shape index (κ1) is 16.2. The second kappa shape index (κ2) is 7.27. The topological polar surface area (TPSA) is 65.9 Å². The summed E-state index contributed by atoms with van der Waals surface area (Å²) in [5.41, 5.74) is 0.604. The molecular formula is C17H25N3O3. The van der Waals surface area contributed by atoms with E-state index in [0.29, 0.717) is 37.0 Å². The van der Waals surface area contributed by atoms with Crippen molar-refractivity contribution in [1.29, 1.82) is 0 Å². The van der Waals surface area contributed by atoms with E-state index in [4.69, 9.17) is 4.74 Å². The van der Waals surface area contributed by atoms with E-state index in [2.05, 4.69) is 9.88 Å². The number of pyridine rings is 1. The number of β-amino-alcohol motifs (C(OH)–C–C–N with tert-alkyl or cyclic N) is 1. The molecule has 3 rings (SSSR count). The summed E-state index contributed by atoms with van der Waals surface area (Å²) in [5, 5.41) is 9.42. The number of aliphatic hydroxyl groups excluding tert-OH is 1. The minimum Gasteiger partial charge on any atom is -0.477 e. The Morgan fingerprint density at radius 3 is 2.65 bits per heavy atom. The molecule has 23 heavy (non-hydrogen) atoms. The zero-order valence-electron chi connectivity index (χ0n) is 13.6. The molecule has 0 aromatic carbocycles. The molecule has 0 radical (unpaired) electrons. The van der Waals surface area contributed by atoms with Gasteiger partial charge in [-0.25, -0.2) is 4.98 Å². The minimum absolute atomic E-state index is 0.0166. The maximum absolute atomic E-state index is 12.5. The maximum Gasteiger partial charge on any atom is 0.255 e. The normalized spacial score (nSPS) is 20.3. The van der Waals surface area contributed by atoms with Crippen LogP contribution in [-0.4, -0.2) is 71.2 Å². The van der Waals surface area contributed by atoms with E-state index in [0.717, 1.165) is 19.7 Å². The van der Waals surface area contributed by atoms with Crippen molar-refractivity contribution in [2.45, 2.75) is 25.9 Å². The molecule has 2 fully saturated rings. The highest BCUT2D eigenvalue weighted by Gasteiger charge is 2.24. The second-order valence-electron chi connectivity index (χ2n) is 6.58. The number of piperazine rings is 1. The summed E-state index contributed by atoms with van der Waals surface area (Å²) in [5.74, 6) is 1.30. The lowest BCUT2D eigenvalue weighted by Gasteiger charge is -2.35. The van der Waals surface area contributed by atoms with Gasteiger partial charge in [0.15, 0.2) is 0 Å². The van der Waals surface area contributed by atoms with Gasteiger partial charge >= 0.3 is 0 Å². The first-order chi connectivity index (χ1) is 11.1. The lowest BCUT2D eigenvalue weighted by molar-refractivity contribution is 0.0553. The Morgan fingerprint density at radius 1 is 1.35 bits per heavy atom. The quantitative estimate of drug-likeness (QED) is 0.848. The molecule has 0 spiro atoms. The zero-order valence-corrected chi connectivity index (χ0v) is 13.6. The number of hydrogen-bond acceptors (Lipinski definition) is 5. The average Bonchev–Trinajstić information content (AvgIpc) is 3.37. The molecule has 6 nitrogen and oxygen atoms in total. The highest BCUT2D eigenvalue weighted by atomic mass is 16.5. The Labute approximate surface area is 137 Å². The lowest BCUT2D eigenvalue weighted by atomic mass is 10.2. The predicted octanol–water partition coefficient (Wildman–Crippen LogP) is 1.01. The molecule has 0 bridgehead atoms. The van der Waals surface area contributed by atoms with Crippen molar-refractivity contribution in [3.05, 3.63) is 23.9 Å². The summed E-state index contributed by atoms with van der Waals surface area (Å²) in [6, 6.07) is 3.57. The number of rotatable bonds is 6. The fraction of sp³-hybridized carbons (Fsp3) is 0.647.